The van der Waals surface area contributed by atoms with Crippen LogP contribution in [0.2, 0.25) is 0 Å². The summed E-state index contributed by atoms with van der Waals surface area (Å²) in [4.78, 5) is 22.9. The maximum Gasteiger partial charge on any atom is 0.407 e. The minimum atomic E-state index is -1.04. The van der Waals surface area contributed by atoms with Crippen LogP contribution >= 0.6 is 0 Å². The fraction of sp³-hybridized carbons (Fsp3) is 0.750. The quantitative estimate of drug-likeness (QED) is 0.635. The van der Waals surface area contributed by atoms with Gasteiger partial charge in [0.2, 0.25) is 0 Å². The molecular formula is C8H13NO5. The highest BCUT2D eigenvalue weighted by Gasteiger charge is 2.29. The molecule has 1 unspecified atom stereocenters. The number of rotatable bonds is 2. The zero-order valence-corrected chi connectivity index (χ0v) is 7.93. The van der Waals surface area contributed by atoms with Crippen molar-refractivity contribution >= 4 is 12.1 Å². The molecule has 0 aromatic rings. The van der Waals surface area contributed by atoms with E-state index in [4.69, 9.17) is 14.6 Å². The Bertz CT molecular complexity index is 230. The standard InChI is InChI=1S/C8H13NO5/c1-2-13-7(10)6-5-9(8(11)12)3-4-14-6/h6H,2-5H2,1H3,(H,11,12). The number of hydrogen-bond acceptors (Lipinski definition) is 4. The predicted octanol–water partition coefficient (Wildman–Crippen LogP) is -0.0717. The van der Waals surface area contributed by atoms with Crippen LogP contribution in [0.5, 0.6) is 0 Å². The smallest absolute Gasteiger partial charge is 0.407 e. The zero-order valence-electron chi connectivity index (χ0n) is 7.93. The van der Waals surface area contributed by atoms with E-state index in [1.807, 2.05) is 0 Å². The lowest BCUT2D eigenvalue weighted by Gasteiger charge is -2.29. The molecule has 1 aliphatic heterocycles. The number of carbonyl (C=O) groups is 2. The van der Waals surface area contributed by atoms with Gasteiger partial charge in [0.05, 0.1) is 19.8 Å². The van der Waals surface area contributed by atoms with Gasteiger partial charge in [-0.3, -0.25) is 0 Å². The average molecular weight is 203 g/mol. The molecule has 0 bridgehead atoms. The van der Waals surface area contributed by atoms with Crippen molar-refractivity contribution < 1.29 is 24.2 Å². The Kier molecular flexibility index (Phi) is 3.70. The van der Waals surface area contributed by atoms with Gasteiger partial charge in [0.15, 0.2) is 6.10 Å². The first-order valence-electron chi connectivity index (χ1n) is 4.41. The van der Waals surface area contributed by atoms with E-state index < -0.39 is 18.2 Å². The van der Waals surface area contributed by atoms with Crippen molar-refractivity contribution in [2.75, 3.05) is 26.3 Å². The average Bonchev–Trinajstić information content (AvgIpc) is 2.18. The van der Waals surface area contributed by atoms with Crippen molar-refractivity contribution in [2.24, 2.45) is 0 Å². The van der Waals surface area contributed by atoms with Crippen LogP contribution in [0.1, 0.15) is 6.92 Å². The molecule has 1 N–H and O–H groups in total. The summed E-state index contributed by atoms with van der Waals surface area (Å²) < 4.78 is 9.82. The molecule has 1 amide bonds. The van der Waals surface area contributed by atoms with Crippen LogP contribution in [0.4, 0.5) is 4.79 Å². The molecule has 1 rings (SSSR count). The van der Waals surface area contributed by atoms with Gasteiger partial charge in [-0.1, -0.05) is 0 Å². The first-order chi connectivity index (χ1) is 6.65. The maximum atomic E-state index is 11.2. The van der Waals surface area contributed by atoms with Gasteiger partial charge in [0.1, 0.15) is 0 Å². The molecular weight excluding hydrogens is 190 g/mol. The van der Waals surface area contributed by atoms with Gasteiger partial charge < -0.3 is 19.5 Å². The molecule has 1 saturated heterocycles. The number of carbonyl (C=O) groups excluding carboxylic acids is 1. The molecule has 0 aromatic carbocycles. The number of ether oxygens (including phenoxy) is 2. The van der Waals surface area contributed by atoms with Crippen molar-refractivity contribution in [3.63, 3.8) is 0 Å². The molecule has 0 radical (unpaired) electrons. The minimum Gasteiger partial charge on any atom is -0.465 e. The molecule has 1 fully saturated rings. The summed E-state index contributed by atoms with van der Waals surface area (Å²) in [5.74, 6) is -0.501. The summed E-state index contributed by atoms with van der Waals surface area (Å²) in [6.07, 6.45) is -1.82. The molecule has 6 nitrogen and oxygen atoms in total. The van der Waals surface area contributed by atoms with E-state index in [1.165, 1.54) is 0 Å². The minimum absolute atomic E-state index is 0.0498. The van der Waals surface area contributed by atoms with Gasteiger partial charge in [-0.05, 0) is 6.92 Å². The summed E-state index contributed by atoms with van der Waals surface area (Å²) in [6, 6.07) is 0. The topological polar surface area (TPSA) is 76.1 Å². The third-order valence-corrected chi connectivity index (χ3v) is 1.89. The van der Waals surface area contributed by atoms with Gasteiger partial charge >= 0.3 is 12.1 Å². The monoisotopic (exact) mass is 203 g/mol. The fourth-order valence-electron chi connectivity index (χ4n) is 1.20. The highest BCUT2D eigenvalue weighted by molar-refractivity contribution is 5.76. The lowest BCUT2D eigenvalue weighted by molar-refractivity contribution is -0.161. The van der Waals surface area contributed by atoms with Crippen LogP contribution in [0, 0.1) is 0 Å². The number of amides is 1. The van der Waals surface area contributed by atoms with Crippen LogP contribution in [-0.2, 0) is 14.3 Å². The van der Waals surface area contributed by atoms with E-state index in [2.05, 4.69) is 0 Å². The summed E-state index contributed by atoms with van der Waals surface area (Å²) in [5, 5.41) is 8.69. The number of carboxylic acid groups (broad SMARTS) is 1. The van der Waals surface area contributed by atoms with Crippen LogP contribution in [0.25, 0.3) is 0 Å². The first-order valence-corrected chi connectivity index (χ1v) is 4.41. The molecule has 6 heteroatoms. The van der Waals surface area contributed by atoms with Gasteiger partial charge in [0, 0.05) is 6.54 Å². The molecule has 80 valence electrons. The number of nitrogens with zero attached hydrogens (tertiary/aromatic N) is 1. The van der Waals surface area contributed by atoms with E-state index in [9.17, 15) is 9.59 Å². The molecule has 0 saturated carbocycles. The predicted molar refractivity (Wildman–Crippen MR) is 46.0 cm³/mol. The van der Waals surface area contributed by atoms with Crippen molar-refractivity contribution in [2.45, 2.75) is 13.0 Å². The maximum absolute atomic E-state index is 11.2. The summed E-state index contributed by atoms with van der Waals surface area (Å²) in [6.45, 7) is 2.54. The largest absolute Gasteiger partial charge is 0.465 e. The van der Waals surface area contributed by atoms with E-state index in [-0.39, 0.29) is 19.8 Å². The Morgan fingerprint density at radius 2 is 2.36 bits per heavy atom. The van der Waals surface area contributed by atoms with Gasteiger partial charge in [-0.15, -0.1) is 0 Å². The van der Waals surface area contributed by atoms with Crippen LogP contribution in [-0.4, -0.2) is 54.5 Å². The van der Waals surface area contributed by atoms with Crippen molar-refractivity contribution in [1.29, 1.82) is 0 Å². The molecule has 1 atom stereocenters. The molecule has 0 aromatic heterocycles. The molecule has 0 aliphatic carbocycles. The third-order valence-electron chi connectivity index (χ3n) is 1.89. The molecule has 0 spiro atoms. The van der Waals surface area contributed by atoms with Crippen molar-refractivity contribution in [1.82, 2.24) is 4.90 Å². The summed E-state index contributed by atoms with van der Waals surface area (Å²) >= 11 is 0. The number of morpholine rings is 1. The number of hydrogen-bond donors (Lipinski definition) is 1. The van der Waals surface area contributed by atoms with Crippen LogP contribution in [0.3, 0.4) is 0 Å². The van der Waals surface area contributed by atoms with Crippen molar-refractivity contribution in [3.8, 4) is 0 Å². The van der Waals surface area contributed by atoms with E-state index >= 15 is 0 Å². The van der Waals surface area contributed by atoms with E-state index in [1.54, 1.807) is 6.92 Å². The zero-order chi connectivity index (χ0) is 10.6. The Hall–Kier alpha value is -1.30. The van der Waals surface area contributed by atoms with Gasteiger partial charge in [-0.25, -0.2) is 9.59 Å². The highest BCUT2D eigenvalue weighted by atomic mass is 16.6. The van der Waals surface area contributed by atoms with Gasteiger partial charge in [-0.2, -0.15) is 0 Å². The Morgan fingerprint density at radius 1 is 1.64 bits per heavy atom. The second kappa shape index (κ2) is 4.80. The van der Waals surface area contributed by atoms with Crippen LogP contribution < -0.4 is 0 Å². The Labute approximate surface area is 81.4 Å². The van der Waals surface area contributed by atoms with Crippen LogP contribution in [0.15, 0.2) is 0 Å². The number of esters is 1. The SMILES string of the molecule is CCOC(=O)C1CN(C(=O)O)CCO1. The van der Waals surface area contributed by atoms with E-state index in [0.717, 1.165) is 4.90 Å². The fourth-order valence-corrected chi connectivity index (χ4v) is 1.20. The normalized spacial score (nSPS) is 21.8. The highest BCUT2D eigenvalue weighted by Crippen LogP contribution is 2.06. The summed E-state index contributed by atoms with van der Waals surface area (Å²) in [7, 11) is 0. The first kappa shape index (κ1) is 10.8. The lowest BCUT2D eigenvalue weighted by atomic mass is 10.3. The third kappa shape index (κ3) is 2.59. The van der Waals surface area contributed by atoms with Gasteiger partial charge in [0.25, 0.3) is 0 Å². The molecule has 14 heavy (non-hydrogen) atoms. The second-order valence-corrected chi connectivity index (χ2v) is 2.84. The molecule has 1 aliphatic rings. The molecule has 1 heterocycles. The lowest BCUT2D eigenvalue weighted by Crippen LogP contribution is -2.48. The summed E-state index contributed by atoms with van der Waals surface area (Å²) in [5.41, 5.74) is 0. The Morgan fingerprint density at radius 3 is 2.93 bits per heavy atom. The second-order valence-electron chi connectivity index (χ2n) is 2.84. The van der Waals surface area contributed by atoms with E-state index in [0.29, 0.717) is 6.54 Å². The Balaban J connectivity index is 2.47. The van der Waals surface area contributed by atoms with Crippen molar-refractivity contribution in [3.05, 3.63) is 0 Å².